The minimum atomic E-state index is -0.460. The predicted octanol–water partition coefficient (Wildman–Crippen LogP) is 4.56. The quantitative estimate of drug-likeness (QED) is 0.464. The first-order valence-corrected chi connectivity index (χ1v) is 9.29. The number of rotatable bonds is 5. The van der Waals surface area contributed by atoms with Crippen LogP contribution in [-0.2, 0) is 9.53 Å². The van der Waals surface area contributed by atoms with Crippen LogP contribution in [0.1, 0.15) is 22.5 Å². The van der Waals surface area contributed by atoms with E-state index in [1.807, 2.05) is 26.0 Å². The Morgan fingerprint density at radius 1 is 1.29 bits per heavy atom. The Bertz CT molecular complexity index is 1090. The number of nitrogens with zero attached hydrogens (tertiary/aromatic N) is 2. The largest absolute Gasteiger partial charge is 0.481 e. The van der Waals surface area contributed by atoms with Gasteiger partial charge in [0, 0.05) is 0 Å². The van der Waals surface area contributed by atoms with E-state index in [-0.39, 0.29) is 6.61 Å². The van der Waals surface area contributed by atoms with Crippen molar-refractivity contribution < 1.29 is 14.3 Å². The van der Waals surface area contributed by atoms with E-state index in [4.69, 9.17) is 4.74 Å². The maximum atomic E-state index is 11.2. The molecule has 0 aliphatic rings. The van der Waals surface area contributed by atoms with E-state index in [2.05, 4.69) is 36.7 Å². The number of nitrogens with one attached hydrogen (secondary N) is 1. The van der Waals surface area contributed by atoms with Gasteiger partial charge in [-0.1, -0.05) is 6.07 Å². The second-order valence-corrected chi connectivity index (χ2v) is 7.12. The number of hydrogen-bond donors (Lipinski definition) is 1. The Kier molecular flexibility index (Phi) is 5.81. The highest BCUT2D eigenvalue weighted by Gasteiger charge is 2.11. The molecule has 0 spiro atoms. The van der Waals surface area contributed by atoms with E-state index in [0.717, 1.165) is 27.7 Å². The summed E-state index contributed by atoms with van der Waals surface area (Å²) in [6, 6.07) is 11.6. The molecule has 3 rings (SSSR count). The number of aromatic nitrogens is 2. The molecule has 0 bridgehead atoms. The Labute approximate surface area is 170 Å². The number of methoxy groups -OCH3 is 1. The lowest BCUT2D eigenvalue weighted by Gasteiger charge is -2.07. The van der Waals surface area contributed by atoms with E-state index in [1.54, 1.807) is 24.3 Å². The van der Waals surface area contributed by atoms with Gasteiger partial charge < -0.3 is 14.5 Å². The zero-order chi connectivity index (χ0) is 20.3. The molecule has 7 heteroatoms. The molecule has 1 N–H and O–H groups in total. The number of hydrogen-bond acceptors (Lipinski definition) is 5. The molecule has 28 heavy (non-hydrogen) atoms. The van der Waals surface area contributed by atoms with Crippen LogP contribution < -0.4 is 4.74 Å². The summed E-state index contributed by atoms with van der Waals surface area (Å²) in [5.74, 6) is 0.568. The molecule has 1 aromatic heterocycles. The van der Waals surface area contributed by atoms with Crippen LogP contribution in [0, 0.1) is 25.2 Å². The molecule has 0 aliphatic heterocycles. The molecule has 3 aromatic rings. The van der Waals surface area contributed by atoms with Crippen molar-refractivity contribution in [2.24, 2.45) is 0 Å². The summed E-state index contributed by atoms with van der Waals surface area (Å²) in [7, 11) is 1.30. The monoisotopic (exact) mass is 439 g/mol. The third-order valence-corrected chi connectivity index (χ3v) is 4.93. The number of ether oxygens (including phenoxy) is 2. The van der Waals surface area contributed by atoms with E-state index in [0.29, 0.717) is 21.6 Å². The van der Waals surface area contributed by atoms with Crippen LogP contribution in [0.4, 0.5) is 0 Å². The van der Waals surface area contributed by atoms with Gasteiger partial charge in [0.25, 0.3) is 0 Å². The lowest BCUT2D eigenvalue weighted by Crippen LogP contribution is -2.12. The molecule has 0 saturated carbocycles. The third-order valence-electron chi connectivity index (χ3n) is 4.31. The summed E-state index contributed by atoms with van der Waals surface area (Å²) in [4.78, 5) is 19.0. The van der Waals surface area contributed by atoms with Gasteiger partial charge in [0.05, 0.1) is 28.2 Å². The smallest absolute Gasteiger partial charge is 0.343 e. The fourth-order valence-corrected chi connectivity index (χ4v) is 3.15. The Morgan fingerprint density at radius 2 is 2.04 bits per heavy atom. The van der Waals surface area contributed by atoms with E-state index >= 15 is 0 Å². The molecule has 0 unspecified atom stereocenters. The number of H-pyrrole nitrogens is 1. The van der Waals surface area contributed by atoms with Gasteiger partial charge >= 0.3 is 5.97 Å². The van der Waals surface area contributed by atoms with Crippen molar-refractivity contribution in [3.05, 3.63) is 57.3 Å². The maximum Gasteiger partial charge on any atom is 0.343 e. The molecule has 0 saturated heterocycles. The molecule has 2 aromatic carbocycles. The minimum absolute atomic E-state index is 0.175. The number of imidazole rings is 1. The van der Waals surface area contributed by atoms with E-state index in [1.165, 1.54) is 7.11 Å². The summed E-state index contributed by atoms with van der Waals surface area (Å²) >= 11 is 3.42. The number of aromatic amines is 1. The van der Waals surface area contributed by atoms with Crippen LogP contribution in [0.5, 0.6) is 5.75 Å². The number of nitriles is 1. The van der Waals surface area contributed by atoms with Crippen LogP contribution in [0.2, 0.25) is 0 Å². The van der Waals surface area contributed by atoms with Gasteiger partial charge in [-0.25, -0.2) is 9.78 Å². The zero-order valence-corrected chi connectivity index (χ0v) is 17.3. The van der Waals surface area contributed by atoms with Crippen molar-refractivity contribution in [2.75, 3.05) is 13.7 Å². The van der Waals surface area contributed by atoms with Crippen molar-refractivity contribution in [1.82, 2.24) is 9.97 Å². The summed E-state index contributed by atoms with van der Waals surface area (Å²) < 4.78 is 10.6. The summed E-state index contributed by atoms with van der Waals surface area (Å²) in [5.41, 5.74) is 5.25. The van der Waals surface area contributed by atoms with Gasteiger partial charge in [-0.15, -0.1) is 0 Å². The molecular formula is C21H18BrN3O3. The second-order valence-electron chi connectivity index (χ2n) is 6.26. The van der Waals surface area contributed by atoms with Crippen LogP contribution in [-0.4, -0.2) is 29.7 Å². The second kappa shape index (κ2) is 8.28. The number of carbonyl (C=O) groups excluding carboxylic acids is 1. The van der Waals surface area contributed by atoms with Crippen molar-refractivity contribution in [2.45, 2.75) is 13.8 Å². The Morgan fingerprint density at radius 3 is 2.71 bits per heavy atom. The fraction of sp³-hybridized carbons (Fsp3) is 0.190. The van der Waals surface area contributed by atoms with Crippen molar-refractivity contribution >= 4 is 44.6 Å². The average Bonchev–Trinajstić information content (AvgIpc) is 3.07. The lowest BCUT2D eigenvalue weighted by atomic mass is 10.1. The van der Waals surface area contributed by atoms with Crippen LogP contribution in [0.15, 0.2) is 34.8 Å². The Balaban J connectivity index is 1.89. The molecule has 6 nitrogen and oxygen atoms in total. The molecule has 0 radical (unpaired) electrons. The molecule has 0 amide bonds. The van der Waals surface area contributed by atoms with Gasteiger partial charge in [0.2, 0.25) is 0 Å². The molecular weight excluding hydrogens is 422 g/mol. The predicted molar refractivity (Wildman–Crippen MR) is 111 cm³/mol. The van der Waals surface area contributed by atoms with Crippen molar-refractivity contribution in [3.63, 3.8) is 0 Å². The molecule has 1 heterocycles. The maximum absolute atomic E-state index is 11.2. The summed E-state index contributed by atoms with van der Waals surface area (Å²) in [5, 5.41) is 9.61. The average molecular weight is 440 g/mol. The fourth-order valence-electron chi connectivity index (χ4n) is 2.64. The molecule has 142 valence electrons. The van der Waals surface area contributed by atoms with E-state index in [9.17, 15) is 10.1 Å². The number of carbonyl (C=O) groups is 1. The van der Waals surface area contributed by atoms with Gasteiger partial charge in [0.15, 0.2) is 6.61 Å². The number of fused-ring (bicyclic) bond motifs is 1. The molecule has 0 fully saturated rings. The first-order valence-electron chi connectivity index (χ1n) is 8.49. The molecule has 0 aliphatic carbocycles. The minimum Gasteiger partial charge on any atom is -0.481 e. The van der Waals surface area contributed by atoms with Gasteiger partial charge in [0.1, 0.15) is 17.6 Å². The topological polar surface area (TPSA) is 88.0 Å². The summed E-state index contributed by atoms with van der Waals surface area (Å²) in [6.07, 6.45) is 1.74. The standard InChI is InChI=1S/C21H18BrN3O3/c1-12-6-17-18(7-13(12)2)25-21(24-17)15(10-23)8-14-4-5-19(16(22)9-14)28-11-20(26)27-3/h4-9H,11H2,1-3H3,(H,24,25)/b15-8+. The lowest BCUT2D eigenvalue weighted by molar-refractivity contribution is -0.142. The van der Waals surface area contributed by atoms with Gasteiger partial charge in [-0.2, -0.15) is 5.26 Å². The highest BCUT2D eigenvalue weighted by atomic mass is 79.9. The van der Waals surface area contributed by atoms with Crippen molar-refractivity contribution in [1.29, 1.82) is 5.26 Å². The highest BCUT2D eigenvalue weighted by molar-refractivity contribution is 9.10. The normalized spacial score (nSPS) is 11.3. The van der Waals surface area contributed by atoms with Gasteiger partial charge in [-0.3, -0.25) is 0 Å². The first kappa shape index (κ1) is 19.6. The summed E-state index contributed by atoms with van der Waals surface area (Å²) in [6.45, 7) is 3.90. The van der Waals surface area contributed by atoms with E-state index < -0.39 is 5.97 Å². The van der Waals surface area contributed by atoms with Crippen LogP contribution in [0.3, 0.4) is 0 Å². The number of allylic oxidation sites excluding steroid dienone is 1. The van der Waals surface area contributed by atoms with Gasteiger partial charge in [-0.05, 0) is 76.8 Å². The Hall–Kier alpha value is -3.11. The number of halogens is 1. The SMILES string of the molecule is COC(=O)COc1ccc(/C=C(\C#N)c2nc3cc(C)c(C)cc3[nH]2)cc1Br. The highest BCUT2D eigenvalue weighted by Crippen LogP contribution is 2.28. The number of aryl methyl sites for hydroxylation is 2. The number of benzene rings is 2. The zero-order valence-electron chi connectivity index (χ0n) is 15.7. The van der Waals surface area contributed by atoms with Crippen LogP contribution in [0.25, 0.3) is 22.7 Å². The third kappa shape index (κ3) is 4.24. The molecule has 0 atom stereocenters. The van der Waals surface area contributed by atoms with Crippen LogP contribution >= 0.6 is 15.9 Å². The first-order chi connectivity index (χ1) is 13.4. The number of esters is 1. The van der Waals surface area contributed by atoms with Crippen molar-refractivity contribution in [3.8, 4) is 11.8 Å².